The Labute approximate surface area is 116 Å². The van der Waals surface area contributed by atoms with E-state index < -0.39 is 10.1 Å². The van der Waals surface area contributed by atoms with Crippen LogP contribution in [0.1, 0.15) is 11.3 Å². The smallest absolute Gasteiger partial charge is 0.339 e. The van der Waals surface area contributed by atoms with E-state index in [0.29, 0.717) is 0 Å². The molecule has 0 amide bonds. The van der Waals surface area contributed by atoms with Gasteiger partial charge in [-0.2, -0.15) is 13.7 Å². The Bertz CT molecular complexity index is 751. The van der Waals surface area contributed by atoms with E-state index in [4.69, 9.17) is 13.9 Å². The lowest BCUT2D eigenvalue weighted by Crippen LogP contribution is -2.05. The lowest BCUT2D eigenvalue weighted by Gasteiger charge is -2.08. The zero-order chi connectivity index (χ0) is 14.6. The van der Waals surface area contributed by atoms with Gasteiger partial charge in [-0.25, -0.2) is 0 Å². The minimum Gasteiger partial charge on any atom is -0.461 e. The van der Waals surface area contributed by atoms with Gasteiger partial charge in [-0.05, 0) is 31.2 Å². The number of aryl methyl sites for hydroxylation is 1. The summed E-state index contributed by atoms with van der Waals surface area (Å²) in [5.74, 6) is 0.0142. The van der Waals surface area contributed by atoms with Crippen molar-refractivity contribution in [3.05, 3.63) is 60.1 Å². The number of nitrogens with zero attached hydrogens (tertiary/aromatic N) is 1. The molecule has 2 aromatic rings. The molecule has 0 unspecified atom stereocenters. The molecule has 1 heterocycles. The SMILES string of the molecule is Cc1ccc(S(=O)(=O)OC(=CC#N)c2ccco2)cc1. The zero-order valence-electron chi connectivity index (χ0n) is 10.6. The molecule has 0 spiro atoms. The van der Waals surface area contributed by atoms with Gasteiger partial charge < -0.3 is 8.60 Å². The summed E-state index contributed by atoms with van der Waals surface area (Å²) in [6.45, 7) is 1.85. The highest BCUT2D eigenvalue weighted by molar-refractivity contribution is 7.87. The number of allylic oxidation sites excluding steroid dienone is 1. The molecular weight excluding hydrogens is 278 g/mol. The molecule has 5 nitrogen and oxygen atoms in total. The standard InChI is InChI=1S/C14H11NO4S/c1-11-4-6-12(7-5-11)20(16,17)19-14(8-9-15)13-3-2-10-18-13/h2-8,10H,1H3. The Morgan fingerprint density at radius 1 is 1.30 bits per heavy atom. The van der Waals surface area contributed by atoms with Crippen molar-refractivity contribution in [3.63, 3.8) is 0 Å². The van der Waals surface area contributed by atoms with Crippen LogP contribution in [-0.4, -0.2) is 8.42 Å². The van der Waals surface area contributed by atoms with Crippen molar-refractivity contribution in [2.75, 3.05) is 0 Å². The molecule has 0 aliphatic carbocycles. The number of hydrogen-bond acceptors (Lipinski definition) is 5. The van der Waals surface area contributed by atoms with Crippen LogP contribution in [0.25, 0.3) is 5.76 Å². The third kappa shape index (κ3) is 3.08. The van der Waals surface area contributed by atoms with Crippen LogP contribution in [0, 0.1) is 18.3 Å². The Morgan fingerprint density at radius 2 is 2.00 bits per heavy atom. The molecule has 0 radical (unpaired) electrons. The fourth-order valence-electron chi connectivity index (χ4n) is 1.48. The maximum absolute atomic E-state index is 12.1. The van der Waals surface area contributed by atoms with Crippen molar-refractivity contribution >= 4 is 15.9 Å². The van der Waals surface area contributed by atoms with Gasteiger partial charge in [0.2, 0.25) is 0 Å². The fourth-order valence-corrected chi connectivity index (χ4v) is 2.42. The Balaban J connectivity index is 2.34. The quantitative estimate of drug-likeness (QED) is 0.491. The molecule has 0 bridgehead atoms. The summed E-state index contributed by atoms with van der Waals surface area (Å²) in [5, 5.41) is 8.70. The first-order chi connectivity index (χ1) is 9.53. The molecule has 102 valence electrons. The molecular formula is C14H11NO4S. The van der Waals surface area contributed by atoms with Gasteiger partial charge in [-0.15, -0.1) is 0 Å². The number of benzene rings is 1. The Hall–Kier alpha value is -2.52. The van der Waals surface area contributed by atoms with E-state index in [2.05, 4.69) is 0 Å². The number of nitriles is 1. The summed E-state index contributed by atoms with van der Waals surface area (Å²) in [6, 6.07) is 11.0. The van der Waals surface area contributed by atoms with Gasteiger partial charge in [0.25, 0.3) is 0 Å². The normalized spacial score (nSPS) is 11.9. The second-order valence-electron chi connectivity index (χ2n) is 3.97. The molecule has 0 saturated heterocycles. The van der Waals surface area contributed by atoms with Crippen LogP contribution >= 0.6 is 0 Å². The second-order valence-corrected chi connectivity index (χ2v) is 5.51. The molecule has 2 rings (SSSR count). The van der Waals surface area contributed by atoms with Gasteiger partial charge in [0, 0.05) is 0 Å². The predicted octanol–water partition coefficient (Wildman–Crippen LogP) is 2.86. The molecule has 6 heteroatoms. The van der Waals surface area contributed by atoms with Crippen molar-refractivity contribution in [2.45, 2.75) is 11.8 Å². The summed E-state index contributed by atoms with van der Waals surface area (Å²) in [5.41, 5.74) is 0.933. The van der Waals surface area contributed by atoms with E-state index in [1.807, 2.05) is 6.92 Å². The third-order valence-corrected chi connectivity index (χ3v) is 3.72. The molecule has 0 aliphatic rings. The van der Waals surface area contributed by atoms with Crippen LogP contribution in [0.2, 0.25) is 0 Å². The molecule has 1 aromatic carbocycles. The van der Waals surface area contributed by atoms with E-state index in [0.717, 1.165) is 11.6 Å². The van der Waals surface area contributed by atoms with Crippen LogP contribution in [0.15, 0.2) is 58.1 Å². The first-order valence-electron chi connectivity index (χ1n) is 5.68. The van der Waals surface area contributed by atoms with E-state index in [1.165, 1.54) is 24.5 Å². The average Bonchev–Trinajstić information content (AvgIpc) is 2.92. The minimum absolute atomic E-state index is 0.0125. The van der Waals surface area contributed by atoms with Crippen LogP contribution in [0.5, 0.6) is 0 Å². The Kier molecular flexibility index (Phi) is 3.91. The van der Waals surface area contributed by atoms with Gasteiger partial charge in [0.15, 0.2) is 11.5 Å². The van der Waals surface area contributed by atoms with Crippen molar-refractivity contribution in [1.82, 2.24) is 0 Å². The van der Waals surface area contributed by atoms with Gasteiger partial charge in [0.05, 0.1) is 18.4 Å². The minimum atomic E-state index is -4.00. The van der Waals surface area contributed by atoms with Crippen LogP contribution in [0.4, 0.5) is 0 Å². The van der Waals surface area contributed by atoms with E-state index in [9.17, 15) is 8.42 Å². The number of hydrogen-bond donors (Lipinski definition) is 0. The average molecular weight is 289 g/mol. The third-order valence-electron chi connectivity index (χ3n) is 2.47. The summed E-state index contributed by atoms with van der Waals surface area (Å²) in [4.78, 5) is 0.0125. The maximum atomic E-state index is 12.1. The maximum Gasteiger partial charge on any atom is 0.339 e. The summed E-state index contributed by atoms with van der Waals surface area (Å²) in [6.07, 6.45) is 2.34. The predicted molar refractivity (Wildman–Crippen MR) is 71.7 cm³/mol. The zero-order valence-corrected chi connectivity index (χ0v) is 11.4. The van der Waals surface area contributed by atoms with E-state index in [-0.39, 0.29) is 16.4 Å². The van der Waals surface area contributed by atoms with E-state index in [1.54, 1.807) is 24.3 Å². The Morgan fingerprint density at radius 3 is 2.55 bits per heavy atom. The molecule has 0 atom stereocenters. The van der Waals surface area contributed by atoms with Gasteiger partial charge in [0.1, 0.15) is 4.90 Å². The van der Waals surface area contributed by atoms with Crippen molar-refractivity contribution in [3.8, 4) is 6.07 Å². The molecule has 1 aromatic heterocycles. The topological polar surface area (TPSA) is 80.3 Å². The number of furan rings is 1. The molecule has 0 aliphatic heterocycles. The van der Waals surface area contributed by atoms with Crippen molar-refractivity contribution in [1.29, 1.82) is 5.26 Å². The lowest BCUT2D eigenvalue weighted by atomic mass is 10.2. The lowest BCUT2D eigenvalue weighted by molar-refractivity contribution is 0.440. The molecule has 0 saturated carbocycles. The van der Waals surface area contributed by atoms with Crippen molar-refractivity contribution in [2.24, 2.45) is 0 Å². The van der Waals surface area contributed by atoms with Crippen LogP contribution in [0.3, 0.4) is 0 Å². The number of rotatable bonds is 4. The van der Waals surface area contributed by atoms with Crippen molar-refractivity contribution < 1.29 is 17.0 Å². The highest BCUT2D eigenvalue weighted by Crippen LogP contribution is 2.23. The largest absolute Gasteiger partial charge is 0.461 e. The second kappa shape index (κ2) is 5.63. The first kappa shape index (κ1) is 13.9. The molecule has 0 N–H and O–H groups in total. The highest BCUT2D eigenvalue weighted by Gasteiger charge is 2.20. The summed E-state index contributed by atoms with van der Waals surface area (Å²) >= 11 is 0. The highest BCUT2D eigenvalue weighted by atomic mass is 32.2. The summed E-state index contributed by atoms with van der Waals surface area (Å²) < 4.78 is 34.2. The van der Waals surface area contributed by atoms with E-state index >= 15 is 0 Å². The van der Waals surface area contributed by atoms with Crippen LogP contribution < -0.4 is 0 Å². The van der Waals surface area contributed by atoms with Gasteiger partial charge >= 0.3 is 10.1 Å². The monoisotopic (exact) mass is 289 g/mol. The molecule has 0 fully saturated rings. The fraction of sp³-hybridized carbons (Fsp3) is 0.0714. The van der Waals surface area contributed by atoms with Crippen LogP contribution in [-0.2, 0) is 14.3 Å². The summed E-state index contributed by atoms with van der Waals surface area (Å²) in [7, 11) is -4.00. The first-order valence-corrected chi connectivity index (χ1v) is 7.08. The van der Waals surface area contributed by atoms with Gasteiger partial charge in [-0.3, -0.25) is 0 Å². The van der Waals surface area contributed by atoms with Gasteiger partial charge in [-0.1, -0.05) is 17.7 Å². The molecule has 20 heavy (non-hydrogen) atoms.